The van der Waals surface area contributed by atoms with Crippen molar-refractivity contribution < 1.29 is 27.9 Å². The molecule has 1 atom stereocenters. The zero-order chi connectivity index (χ0) is 16.3. The van der Waals surface area contributed by atoms with E-state index in [-0.39, 0.29) is 6.42 Å². The third-order valence-electron chi connectivity index (χ3n) is 4.29. The Kier molecular flexibility index (Phi) is 5.75. The number of esters is 1. The zero-order valence-corrected chi connectivity index (χ0v) is 13.5. The third kappa shape index (κ3) is 3.74. The van der Waals surface area contributed by atoms with Gasteiger partial charge in [0.15, 0.2) is 5.25 Å². The van der Waals surface area contributed by atoms with E-state index in [4.69, 9.17) is 5.11 Å². The number of methoxy groups -OCH3 is 1. The molecule has 21 heavy (non-hydrogen) atoms. The van der Waals surface area contributed by atoms with Gasteiger partial charge >= 0.3 is 11.9 Å². The summed E-state index contributed by atoms with van der Waals surface area (Å²) in [4.78, 5) is 22.7. The van der Waals surface area contributed by atoms with Crippen molar-refractivity contribution in [3.63, 3.8) is 0 Å². The topological polar surface area (TPSA) is 101 Å². The van der Waals surface area contributed by atoms with Gasteiger partial charge in [0.25, 0.3) is 0 Å². The van der Waals surface area contributed by atoms with E-state index in [1.165, 1.54) is 14.0 Å². The molecule has 0 aliphatic heterocycles. The van der Waals surface area contributed by atoms with Gasteiger partial charge in [0, 0.05) is 12.6 Å². The summed E-state index contributed by atoms with van der Waals surface area (Å²) < 4.78 is 30.7. The molecule has 1 saturated carbocycles. The van der Waals surface area contributed by atoms with Gasteiger partial charge in [-0.05, 0) is 19.8 Å². The fourth-order valence-corrected chi connectivity index (χ4v) is 4.49. The quantitative estimate of drug-likeness (QED) is 0.732. The van der Waals surface area contributed by atoms with E-state index < -0.39 is 32.8 Å². The maximum atomic E-state index is 12.5. The van der Waals surface area contributed by atoms with Crippen LogP contribution in [0.25, 0.3) is 0 Å². The minimum atomic E-state index is -3.96. The van der Waals surface area contributed by atoms with Crippen LogP contribution in [0.4, 0.5) is 0 Å². The van der Waals surface area contributed by atoms with Gasteiger partial charge < -0.3 is 9.84 Å². The van der Waals surface area contributed by atoms with Gasteiger partial charge in [-0.25, -0.2) is 8.42 Å². The fraction of sp³-hybridized carbons (Fsp3) is 0.846. The maximum Gasteiger partial charge on any atom is 0.325 e. The average molecular weight is 321 g/mol. The Hall–Kier alpha value is -1.15. The zero-order valence-electron chi connectivity index (χ0n) is 12.7. The maximum absolute atomic E-state index is 12.5. The number of ether oxygens (including phenoxy) is 1. The lowest BCUT2D eigenvalue weighted by Gasteiger charge is -2.43. The van der Waals surface area contributed by atoms with Crippen molar-refractivity contribution in [1.29, 1.82) is 0 Å². The average Bonchev–Trinajstić information content (AvgIpc) is 2.44. The molecule has 8 heteroatoms. The van der Waals surface area contributed by atoms with Crippen molar-refractivity contribution in [3.8, 4) is 0 Å². The SMILES string of the molecule is COC(=O)C(C)S(=O)(=O)N(C)C1(CC(=O)O)CCCCC1. The van der Waals surface area contributed by atoms with Crippen LogP contribution in [0.1, 0.15) is 45.4 Å². The first-order valence-corrected chi connectivity index (χ1v) is 8.45. The Morgan fingerprint density at radius 2 is 1.81 bits per heavy atom. The van der Waals surface area contributed by atoms with Crippen molar-refractivity contribution in [2.45, 2.75) is 56.2 Å². The smallest absolute Gasteiger partial charge is 0.325 e. The van der Waals surface area contributed by atoms with Crippen molar-refractivity contribution in [2.75, 3.05) is 14.2 Å². The standard InChI is InChI=1S/C13H23NO6S/c1-10(12(17)20-3)21(18,19)14(2)13(9-11(15)16)7-5-4-6-8-13/h10H,4-9H2,1-3H3,(H,15,16). The first-order chi connectivity index (χ1) is 9.67. The van der Waals surface area contributed by atoms with Crippen LogP contribution >= 0.6 is 0 Å². The fourth-order valence-electron chi connectivity index (χ4n) is 2.89. The van der Waals surface area contributed by atoms with E-state index in [2.05, 4.69) is 4.74 Å². The van der Waals surface area contributed by atoms with Crippen LogP contribution in [-0.2, 0) is 24.3 Å². The van der Waals surface area contributed by atoms with E-state index in [0.29, 0.717) is 12.8 Å². The second-order valence-corrected chi connectivity index (χ2v) is 7.82. The molecule has 0 radical (unpaired) electrons. The molecule has 0 aromatic carbocycles. The summed E-state index contributed by atoms with van der Waals surface area (Å²) >= 11 is 0. The normalized spacial score (nSPS) is 20.0. The van der Waals surface area contributed by atoms with E-state index in [9.17, 15) is 18.0 Å². The summed E-state index contributed by atoms with van der Waals surface area (Å²) in [5.74, 6) is -1.88. The van der Waals surface area contributed by atoms with Crippen molar-refractivity contribution in [3.05, 3.63) is 0 Å². The number of rotatable bonds is 6. The largest absolute Gasteiger partial charge is 0.481 e. The van der Waals surface area contributed by atoms with Crippen LogP contribution < -0.4 is 0 Å². The Morgan fingerprint density at radius 3 is 2.24 bits per heavy atom. The highest BCUT2D eigenvalue weighted by Crippen LogP contribution is 2.38. The molecule has 1 N–H and O–H groups in total. The Morgan fingerprint density at radius 1 is 1.29 bits per heavy atom. The lowest BCUT2D eigenvalue weighted by Crippen LogP contribution is -2.55. The molecule has 122 valence electrons. The van der Waals surface area contributed by atoms with Gasteiger partial charge in [0.2, 0.25) is 10.0 Å². The first-order valence-electron chi connectivity index (χ1n) is 6.95. The molecule has 0 heterocycles. The van der Waals surface area contributed by atoms with Gasteiger partial charge in [-0.1, -0.05) is 19.3 Å². The Labute approximate surface area is 125 Å². The molecular formula is C13H23NO6S. The minimum absolute atomic E-state index is 0.253. The lowest BCUT2D eigenvalue weighted by molar-refractivity contribution is -0.140. The molecule has 1 unspecified atom stereocenters. The van der Waals surface area contributed by atoms with E-state index in [1.54, 1.807) is 0 Å². The van der Waals surface area contributed by atoms with Crippen LogP contribution in [0.2, 0.25) is 0 Å². The molecule has 0 amide bonds. The molecular weight excluding hydrogens is 298 g/mol. The van der Waals surface area contributed by atoms with Crippen LogP contribution in [0.5, 0.6) is 0 Å². The number of aliphatic carboxylic acids is 1. The Balaban J connectivity index is 3.12. The third-order valence-corrected chi connectivity index (χ3v) is 6.53. The summed E-state index contributed by atoms with van der Waals surface area (Å²) in [6.07, 6.45) is 3.24. The highest BCUT2D eigenvalue weighted by Gasteiger charge is 2.46. The molecule has 1 fully saturated rings. The minimum Gasteiger partial charge on any atom is -0.481 e. The summed E-state index contributed by atoms with van der Waals surface area (Å²) in [5.41, 5.74) is -0.953. The molecule has 7 nitrogen and oxygen atoms in total. The number of carbonyl (C=O) groups is 2. The highest BCUT2D eigenvalue weighted by atomic mass is 32.2. The Bertz CT molecular complexity index is 495. The number of carboxylic acids is 1. The van der Waals surface area contributed by atoms with Gasteiger partial charge in [-0.2, -0.15) is 4.31 Å². The number of hydrogen-bond donors (Lipinski definition) is 1. The number of sulfonamides is 1. The summed E-state index contributed by atoms with van der Waals surface area (Å²) in [6, 6.07) is 0. The van der Waals surface area contributed by atoms with Crippen LogP contribution in [-0.4, -0.2) is 54.7 Å². The monoisotopic (exact) mass is 321 g/mol. The summed E-state index contributed by atoms with van der Waals surface area (Å²) in [6.45, 7) is 1.26. The van der Waals surface area contributed by atoms with Crippen molar-refractivity contribution in [2.24, 2.45) is 0 Å². The molecule has 1 rings (SSSR count). The molecule has 0 saturated heterocycles. The van der Waals surface area contributed by atoms with Crippen molar-refractivity contribution >= 4 is 22.0 Å². The number of nitrogens with zero attached hydrogens (tertiary/aromatic N) is 1. The van der Waals surface area contributed by atoms with Crippen LogP contribution in [0.3, 0.4) is 0 Å². The predicted molar refractivity (Wildman–Crippen MR) is 76.2 cm³/mol. The number of carboxylic acid groups (broad SMARTS) is 1. The first kappa shape index (κ1) is 17.9. The second kappa shape index (κ2) is 6.74. The summed E-state index contributed by atoms with van der Waals surface area (Å²) in [7, 11) is -1.47. The lowest BCUT2D eigenvalue weighted by atomic mass is 9.79. The molecule has 0 aromatic rings. The number of hydrogen-bond acceptors (Lipinski definition) is 5. The van der Waals surface area contributed by atoms with E-state index >= 15 is 0 Å². The molecule has 0 bridgehead atoms. The molecule has 1 aliphatic carbocycles. The number of carbonyl (C=O) groups excluding carboxylic acids is 1. The van der Waals surface area contributed by atoms with Gasteiger partial charge in [0.05, 0.1) is 13.5 Å². The predicted octanol–water partition coefficient (Wildman–Crippen LogP) is 0.987. The highest BCUT2D eigenvalue weighted by molar-refractivity contribution is 7.90. The molecule has 0 spiro atoms. The second-order valence-electron chi connectivity index (χ2n) is 5.53. The van der Waals surface area contributed by atoms with E-state index in [0.717, 1.165) is 30.7 Å². The molecule has 0 aromatic heterocycles. The van der Waals surface area contributed by atoms with Gasteiger partial charge in [-0.3, -0.25) is 9.59 Å². The van der Waals surface area contributed by atoms with Gasteiger partial charge in [0.1, 0.15) is 0 Å². The van der Waals surface area contributed by atoms with Crippen LogP contribution in [0, 0.1) is 0 Å². The van der Waals surface area contributed by atoms with Crippen molar-refractivity contribution in [1.82, 2.24) is 4.31 Å². The molecule has 1 aliphatic rings. The van der Waals surface area contributed by atoms with Gasteiger partial charge in [-0.15, -0.1) is 0 Å². The van der Waals surface area contributed by atoms with Crippen LogP contribution in [0.15, 0.2) is 0 Å². The summed E-state index contributed by atoms with van der Waals surface area (Å²) in [5, 5.41) is 7.78. The van der Waals surface area contributed by atoms with E-state index in [1.807, 2.05) is 0 Å².